The van der Waals surface area contributed by atoms with E-state index < -0.39 is 0 Å². The van der Waals surface area contributed by atoms with Gasteiger partial charge in [0.25, 0.3) is 5.91 Å². The molecule has 1 fully saturated rings. The average Bonchev–Trinajstić information content (AvgIpc) is 3.28. The van der Waals surface area contributed by atoms with E-state index in [-0.39, 0.29) is 5.91 Å². The minimum Gasteiger partial charge on any atom is -0.508 e. The van der Waals surface area contributed by atoms with Crippen LogP contribution in [-0.2, 0) is 12.8 Å². The first-order valence-electron chi connectivity index (χ1n) is 10.8. The van der Waals surface area contributed by atoms with Gasteiger partial charge in [0.05, 0.1) is 6.20 Å². The molecule has 1 aliphatic carbocycles. The summed E-state index contributed by atoms with van der Waals surface area (Å²) in [7, 11) is 0. The number of aromatic nitrogens is 3. The number of aromatic amines is 1. The Kier molecular flexibility index (Phi) is 6.13. The summed E-state index contributed by atoms with van der Waals surface area (Å²) < 4.78 is 0. The van der Waals surface area contributed by atoms with Gasteiger partial charge < -0.3 is 10.0 Å². The number of benzene rings is 1. The molecule has 156 valence electrons. The Morgan fingerprint density at radius 2 is 2.14 bits per heavy atom. The molecule has 0 bridgehead atoms. The summed E-state index contributed by atoms with van der Waals surface area (Å²) in [4.78, 5) is 17.0. The van der Waals surface area contributed by atoms with Crippen LogP contribution >= 0.6 is 0 Å². The standard InChI is InChI=1S/C22H31N5O2/c1-2-10-27(18-6-7-19-17(13-18)4-3-5-21(19)28)15-16-8-11-26(12-9-16)22(29)20-14-23-25-24-20/h3-5,14,16,18,28H,2,6-13,15H2,1H3,(H,23,24,25). The van der Waals surface area contributed by atoms with E-state index in [2.05, 4.69) is 33.3 Å². The minimum atomic E-state index is 0.00237. The molecule has 1 saturated heterocycles. The van der Waals surface area contributed by atoms with Crippen LogP contribution in [0.5, 0.6) is 5.75 Å². The SMILES string of the molecule is CCCN(CC1CCN(C(=O)c2cnn[nH]2)CC1)C1CCc2c(O)cccc2C1. The van der Waals surface area contributed by atoms with Gasteiger partial charge in [0.1, 0.15) is 11.4 Å². The number of phenolic OH excluding ortho intramolecular Hbond substituents is 1. The van der Waals surface area contributed by atoms with Gasteiger partial charge in [0.2, 0.25) is 0 Å². The van der Waals surface area contributed by atoms with Gasteiger partial charge in [-0.05, 0) is 68.2 Å². The van der Waals surface area contributed by atoms with Crippen molar-refractivity contribution in [1.82, 2.24) is 25.2 Å². The lowest BCUT2D eigenvalue weighted by Crippen LogP contribution is -2.46. The van der Waals surface area contributed by atoms with Crippen LogP contribution in [0.4, 0.5) is 0 Å². The molecule has 2 heterocycles. The van der Waals surface area contributed by atoms with Crippen molar-refractivity contribution in [1.29, 1.82) is 0 Å². The molecule has 29 heavy (non-hydrogen) atoms. The fourth-order valence-electron chi connectivity index (χ4n) is 4.91. The lowest BCUT2D eigenvalue weighted by Gasteiger charge is -2.39. The van der Waals surface area contributed by atoms with Crippen molar-refractivity contribution in [2.75, 3.05) is 26.2 Å². The van der Waals surface area contributed by atoms with E-state index in [9.17, 15) is 9.90 Å². The molecule has 1 atom stereocenters. The van der Waals surface area contributed by atoms with E-state index in [1.54, 1.807) is 6.07 Å². The van der Waals surface area contributed by atoms with Crippen LogP contribution < -0.4 is 0 Å². The van der Waals surface area contributed by atoms with Gasteiger partial charge in [-0.3, -0.25) is 14.8 Å². The van der Waals surface area contributed by atoms with Crippen LogP contribution in [0.25, 0.3) is 0 Å². The highest BCUT2D eigenvalue weighted by Gasteiger charge is 2.30. The summed E-state index contributed by atoms with van der Waals surface area (Å²) >= 11 is 0. The van der Waals surface area contributed by atoms with E-state index >= 15 is 0 Å². The van der Waals surface area contributed by atoms with Gasteiger partial charge in [-0.25, -0.2) is 0 Å². The number of H-pyrrole nitrogens is 1. The number of fused-ring (bicyclic) bond motifs is 1. The smallest absolute Gasteiger partial charge is 0.273 e. The first-order valence-corrected chi connectivity index (χ1v) is 10.8. The fourth-order valence-corrected chi connectivity index (χ4v) is 4.91. The Hall–Kier alpha value is -2.41. The summed E-state index contributed by atoms with van der Waals surface area (Å²) in [6.45, 7) is 6.04. The second kappa shape index (κ2) is 8.95. The maximum Gasteiger partial charge on any atom is 0.273 e. The second-order valence-electron chi connectivity index (χ2n) is 8.41. The zero-order chi connectivity index (χ0) is 20.2. The molecule has 2 aromatic rings. The van der Waals surface area contributed by atoms with Crippen LogP contribution in [-0.4, -0.2) is 68.4 Å². The molecule has 2 N–H and O–H groups in total. The maximum atomic E-state index is 12.5. The van der Waals surface area contributed by atoms with E-state index in [1.165, 1.54) is 11.8 Å². The molecule has 1 aliphatic heterocycles. The number of likely N-dealkylation sites (tertiary alicyclic amines) is 1. The third-order valence-corrected chi connectivity index (χ3v) is 6.50. The van der Waals surface area contributed by atoms with Crippen molar-refractivity contribution in [3.05, 3.63) is 41.2 Å². The second-order valence-corrected chi connectivity index (χ2v) is 8.41. The summed E-state index contributed by atoms with van der Waals surface area (Å²) in [6, 6.07) is 6.47. The van der Waals surface area contributed by atoms with E-state index in [0.29, 0.717) is 23.4 Å². The number of phenols is 1. The van der Waals surface area contributed by atoms with Gasteiger partial charge in [-0.15, -0.1) is 5.10 Å². The van der Waals surface area contributed by atoms with Crippen molar-refractivity contribution in [3.63, 3.8) is 0 Å². The number of piperidine rings is 1. The van der Waals surface area contributed by atoms with Crippen molar-refractivity contribution >= 4 is 5.91 Å². The third kappa shape index (κ3) is 4.45. The third-order valence-electron chi connectivity index (χ3n) is 6.50. The number of carbonyl (C=O) groups is 1. The molecule has 1 aromatic carbocycles. The normalized spacial score (nSPS) is 20.1. The molecular weight excluding hydrogens is 366 g/mol. The maximum absolute atomic E-state index is 12.5. The predicted molar refractivity (Wildman–Crippen MR) is 111 cm³/mol. The highest BCUT2D eigenvalue weighted by atomic mass is 16.3. The first-order chi connectivity index (χ1) is 14.2. The zero-order valence-electron chi connectivity index (χ0n) is 17.2. The summed E-state index contributed by atoms with van der Waals surface area (Å²) in [6.07, 6.45) is 7.81. The van der Waals surface area contributed by atoms with E-state index in [0.717, 1.165) is 70.3 Å². The highest BCUT2D eigenvalue weighted by Crippen LogP contribution is 2.31. The Bertz CT molecular complexity index is 815. The van der Waals surface area contributed by atoms with Crippen LogP contribution in [0, 0.1) is 5.92 Å². The van der Waals surface area contributed by atoms with Crippen molar-refractivity contribution in [3.8, 4) is 5.75 Å². The number of rotatable bonds is 6. The van der Waals surface area contributed by atoms with Gasteiger partial charge in [-0.1, -0.05) is 24.3 Å². The number of nitrogens with one attached hydrogen (secondary N) is 1. The number of amides is 1. The molecule has 1 amide bonds. The molecule has 7 nitrogen and oxygen atoms in total. The number of hydrogen-bond donors (Lipinski definition) is 2. The average molecular weight is 398 g/mol. The topological polar surface area (TPSA) is 85.4 Å². The molecule has 4 rings (SSSR count). The molecule has 2 aliphatic rings. The van der Waals surface area contributed by atoms with Crippen molar-refractivity contribution in [2.24, 2.45) is 5.92 Å². The lowest BCUT2D eigenvalue weighted by molar-refractivity contribution is 0.0636. The largest absolute Gasteiger partial charge is 0.508 e. The van der Waals surface area contributed by atoms with Crippen molar-refractivity contribution in [2.45, 2.75) is 51.5 Å². The van der Waals surface area contributed by atoms with Crippen molar-refractivity contribution < 1.29 is 9.90 Å². The Labute approximate surface area is 172 Å². The quantitative estimate of drug-likeness (QED) is 0.783. The Morgan fingerprint density at radius 1 is 1.31 bits per heavy atom. The lowest BCUT2D eigenvalue weighted by atomic mass is 9.86. The monoisotopic (exact) mass is 397 g/mol. The molecule has 0 spiro atoms. The highest BCUT2D eigenvalue weighted by molar-refractivity contribution is 5.91. The molecule has 1 unspecified atom stereocenters. The zero-order valence-corrected chi connectivity index (χ0v) is 17.2. The molecular formula is C22H31N5O2. The molecule has 7 heteroatoms. The van der Waals surface area contributed by atoms with Gasteiger partial charge in [-0.2, -0.15) is 0 Å². The number of hydrogen-bond acceptors (Lipinski definition) is 5. The van der Waals surface area contributed by atoms with Crippen LogP contribution in [0.3, 0.4) is 0 Å². The summed E-state index contributed by atoms with van der Waals surface area (Å²) in [5, 5.41) is 20.2. The van der Waals surface area contributed by atoms with Crippen LogP contribution in [0.2, 0.25) is 0 Å². The first kappa shape index (κ1) is 19.9. The number of carbonyl (C=O) groups excluding carboxylic acids is 1. The predicted octanol–water partition coefficient (Wildman–Crippen LogP) is 2.63. The van der Waals surface area contributed by atoms with Crippen LogP contribution in [0.1, 0.15) is 54.2 Å². The summed E-state index contributed by atoms with van der Waals surface area (Å²) in [5.74, 6) is 1.08. The Balaban J connectivity index is 1.34. The van der Waals surface area contributed by atoms with E-state index in [4.69, 9.17) is 0 Å². The number of nitrogens with zero attached hydrogens (tertiary/aromatic N) is 4. The summed E-state index contributed by atoms with van der Waals surface area (Å²) in [5.41, 5.74) is 2.91. The molecule has 0 saturated carbocycles. The Morgan fingerprint density at radius 3 is 2.86 bits per heavy atom. The molecule has 1 aromatic heterocycles. The van der Waals surface area contributed by atoms with Crippen LogP contribution in [0.15, 0.2) is 24.4 Å². The van der Waals surface area contributed by atoms with Gasteiger partial charge >= 0.3 is 0 Å². The minimum absolute atomic E-state index is 0.00237. The number of aromatic hydroxyl groups is 1. The van der Waals surface area contributed by atoms with Gasteiger partial charge in [0, 0.05) is 25.7 Å². The van der Waals surface area contributed by atoms with Gasteiger partial charge in [0.15, 0.2) is 0 Å². The van der Waals surface area contributed by atoms with E-state index in [1.807, 2.05) is 11.0 Å². The fraction of sp³-hybridized carbons (Fsp3) is 0.591. The molecule has 0 radical (unpaired) electrons.